The zero-order valence-corrected chi connectivity index (χ0v) is 13.5. The Labute approximate surface area is 135 Å². The Morgan fingerprint density at radius 3 is 3.09 bits per heavy atom. The predicted octanol–water partition coefficient (Wildman–Crippen LogP) is 2.96. The van der Waals surface area contributed by atoms with Crippen LogP contribution in [0.3, 0.4) is 0 Å². The lowest BCUT2D eigenvalue weighted by molar-refractivity contribution is 0.206. The third kappa shape index (κ3) is 3.01. The highest BCUT2D eigenvalue weighted by Crippen LogP contribution is 2.23. The van der Waals surface area contributed by atoms with E-state index in [2.05, 4.69) is 21.5 Å². The van der Waals surface area contributed by atoms with Gasteiger partial charge in [-0.15, -0.1) is 0 Å². The Morgan fingerprint density at radius 2 is 2.26 bits per heavy atom. The molecule has 0 N–H and O–H groups in total. The minimum Gasteiger partial charge on any atom is -0.467 e. The lowest BCUT2D eigenvalue weighted by Gasteiger charge is -2.29. The minimum atomic E-state index is 0.668. The first-order valence-electron chi connectivity index (χ1n) is 8.30. The van der Waals surface area contributed by atoms with Crippen molar-refractivity contribution in [3.8, 4) is 0 Å². The highest BCUT2D eigenvalue weighted by atomic mass is 16.3. The molecule has 0 amide bonds. The van der Waals surface area contributed by atoms with Crippen LogP contribution in [0.5, 0.6) is 0 Å². The molecule has 3 aromatic heterocycles. The second kappa shape index (κ2) is 6.16. The fourth-order valence-electron chi connectivity index (χ4n) is 3.58. The lowest BCUT2D eigenvalue weighted by atomic mass is 9.95. The molecule has 5 nitrogen and oxygen atoms in total. The Bertz CT molecular complexity index is 778. The summed E-state index contributed by atoms with van der Waals surface area (Å²) >= 11 is 0. The van der Waals surface area contributed by atoms with Crippen LogP contribution in [0.25, 0.3) is 11.2 Å². The number of nitrogens with zero attached hydrogens (tertiary/aromatic N) is 4. The zero-order valence-electron chi connectivity index (χ0n) is 13.5. The molecule has 4 rings (SSSR count). The molecule has 1 aliphatic rings. The largest absolute Gasteiger partial charge is 0.467 e. The molecule has 23 heavy (non-hydrogen) atoms. The van der Waals surface area contributed by atoms with Crippen LogP contribution in [0.4, 0.5) is 0 Å². The summed E-state index contributed by atoms with van der Waals surface area (Å²) in [6.45, 7) is 3.05. The van der Waals surface area contributed by atoms with Gasteiger partial charge in [0.1, 0.15) is 17.1 Å². The molecule has 1 fully saturated rings. The number of piperidine rings is 1. The molecule has 0 saturated carbocycles. The number of imidazole rings is 1. The van der Waals surface area contributed by atoms with E-state index in [0.717, 1.165) is 35.7 Å². The van der Waals surface area contributed by atoms with E-state index >= 15 is 0 Å². The highest BCUT2D eigenvalue weighted by Gasteiger charge is 2.21. The van der Waals surface area contributed by atoms with Crippen molar-refractivity contribution in [3.63, 3.8) is 0 Å². The van der Waals surface area contributed by atoms with Gasteiger partial charge in [0.05, 0.1) is 12.8 Å². The molecule has 5 heteroatoms. The molecule has 120 valence electrons. The summed E-state index contributed by atoms with van der Waals surface area (Å²) in [7, 11) is 2.21. The molecule has 0 spiro atoms. The summed E-state index contributed by atoms with van der Waals surface area (Å²) in [4.78, 5) is 11.8. The van der Waals surface area contributed by atoms with E-state index < -0.39 is 0 Å². The Hall–Kier alpha value is -2.14. The molecule has 0 aromatic carbocycles. The van der Waals surface area contributed by atoms with Gasteiger partial charge in [-0.05, 0) is 56.6 Å². The number of likely N-dealkylation sites (tertiary alicyclic amines) is 1. The summed E-state index contributed by atoms with van der Waals surface area (Å²) in [5.74, 6) is 2.73. The summed E-state index contributed by atoms with van der Waals surface area (Å²) in [5, 5.41) is 0. The Morgan fingerprint density at radius 1 is 1.30 bits per heavy atom. The van der Waals surface area contributed by atoms with Crippen LogP contribution < -0.4 is 0 Å². The fraction of sp³-hybridized carbons (Fsp3) is 0.444. The number of furan rings is 1. The molecule has 1 atom stereocenters. The second-order valence-corrected chi connectivity index (χ2v) is 6.51. The van der Waals surface area contributed by atoms with Crippen LogP contribution in [0.1, 0.15) is 24.4 Å². The third-order valence-electron chi connectivity index (χ3n) is 4.67. The monoisotopic (exact) mass is 310 g/mol. The molecular formula is C18H22N4O. The maximum Gasteiger partial charge on any atom is 0.160 e. The van der Waals surface area contributed by atoms with Crippen molar-refractivity contribution in [3.05, 3.63) is 48.3 Å². The molecule has 4 heterocycles. The quantitative estimate of drug-likeness (QED) is 0.743. The van der Waals surface area contributed by atoms with Crippen molar-refractivity contribution in [1.29, 1.82) is 0 Å². The first-order chi connectivity index (χ1) is 11.3. The van der Waals surface area contributed by atoms with Crippen molar-refractivity contribution < 1.29 is 4.42 Å². The van der Waals surface area contributed by atoms with E-state index in [4.69, 9.17) is 9.40 Å². The van der Waals surface area contributed by atoms with E-state index in [9.17, 15) is 0 Å². The van der Waals surface area contributed by atoms with Gasteiger partial charge in [-0.1, -0.05) is 0 Å². The summed E-state index contributed by atoms with van der Waals surface area (Å²) in [6.07, 6.45) is 7.11. The van der Waals surface area contributed by atoms with Crippen LogP contribution in [0.15, 0.2) is 41.1 Å². The number of rotatable bonds is 4. The average Bonchev–Trinajstić information content (AvgIpc) is 3.17. The average molecular weight is 310 g/mol. The van der Waals surface area contributed by atoms with Gasteiger partial charge in [0.15, 0.2) is 5.65 Å². The van der Waals surface area contributed by atoms with Crippen molar-refractivity contribution in [2.45, 2.75) is 25.8 Å². The molecule has 1 saturated heterocycles. The minimum absolute atomic E-state index is 0.668. The van der Waals surface area contributed by atoms with Crippen LogP contribution in [0.2, 0.25) is 0 Å². The maximum atomic E-state index is 5.53. The topological polar surface area (TPSA) is 47.1 Å². The van der Waals surface area contributed by atoms with Gasteiger partial charge in [-0.3, -0.25) is 0 Å². The zero-order chi connectivity index (χ0) is 15.6. The van der Waals surface area contributed by atoms with Gasteiger partial charge in [-0.25, -0.2) is 9.97 Å². The second-order valence-electron chi connectivity index (χ2n) is 6.51. The number of pyridine rings is 1. The van der Waals surface area contributed by atoms with E-state index in [-0.39, 0.29) is 0 Å². The van der Waals surface area contributed by atoms with Gasteiger partial charge in [0.2, 0.25) is 0 Å². The number of fused-ring (bicyclic) bond motifs is 1. The van der Waals surface area contributed by atoms with E-state index in [1.54, 1.807) is 6.26 Å². The van der Waals surface area contributed by atoms with Gasteiger partial charge in [-0.2, -0.15) is 0 Å². The molecule has 0 radical (unpaired) electrons. The molecule has 1 unspecified atom stereocenters. The number of hydrogen-bond donors (Lipinski definition) is 0. The van der Waals surface area contributed by atoms with E-state index in [1.165, 1.54) is 19.4 Å². The summed E-state index contributed by atoms with van der Waals surface area (Å²) < 4.78 is 7.74. The normalized spacial score (nSPS) is 19.4. The molecule has 1 aliphatic heterocycles. The maximum absolute atomic E-state index is 5.53. The van der Waals surface area contributed by atoms with Crippen molar-refractivity contribution in [2.24, 2.45) is 5.92 Å². The summed E-state index contributed by atoms with van der Waals surface area (Å²) in [5.41, 5.74) is 1.92. The first kappa shape index (κ1) is 14.5. The van der Waals surface area contributed by atoms with Crippen molar-refractivity contribution in [2.75, 3.05) is 20.1 Å². The lowest BCUT2D eigenvalue weighted by Crippen LogP contribution is -2.33. The van der Waals surface area contributed by atoms with Gasteiger partial charge < -0.3 is 13.9 Å². The molecule has 0 bridgehead atoms. The van der Waals surface area contributed by atoms with Gasteiger partial charge in [0, 0.05) is 19.2 Å². The van der Waals surface area contributed by atoms with E-state index in [1.807, 2.05) is 30.5 Å². The van der Waals surface area contributed by atoms with E-state index in [0.29, 0.717) is 12.5 Å². The standard InChI is InChI=1S/C18H22N4O/c1-21-9-3-5-14(12-21)11-17-20-16-7-2-8-19-18(16)22(17)13-15-6-4-10-23-15/h2,4,6-8,10,14H,3,5,9,11-13H2,1H3. The molecule has 0 aliphatic carbocycles. The first-order valence-corrected chi connectivity index (χ1v) is 8.30. The SMILES string of the molecule is CN1CCCC(Cc2nc3cccnc3n2Cc2ccco2)C1. The highest BCUT2D eigenvalue weighted by molar-refractivity contribution is 5.71. The molecule has 3 aromatic rings. The van der Waals surface area contributed by atoms with Crippen molar-refractivity contribution >= 4 is 11.2 Å². The number of hydrogen-bond acceptors (Lipinski definition) is 4. The van der Waals surface area contributed by atoms with Gasteiger partial charge in [0.25, 0.3) is 0 Å². The smallest absolute Gasteiger partial charge is 0.160 e. The fourth-order valence-corrected chi connectivity index (χ4v) is 3.58. The predicted molar refractivity (Wildman–Crippen MR) is 89.3 cm³/mol. The van der Waals surface area contributed by atoms with Crippen LogP contribution in [0, 0.1) is 5.92 Å². The Kier molecular flexibility index (Phi) is 3.87. The van der Waals surface area contributed by atoms with Crippen LogP contribution in [-0.4, -0.2) is 39.6 Å². The van der Waals surface area contributed by atoms with Crippen LogP contribution in [-0.2, 0) is 13.0 Å². The third-order valence-corrected chi connectivity index (χ3v) is 4.67. The number of aromatic nitrogens is 3. The van der Waals surface area contributed by atoms with Crippen molar-refractivity contribution in [1.82, 2.24) is 19.4 Å². The molecular weight excluding hydrogens is 288 g/mol. The van der Waals surface area contributed by atoms with Gasteiger partial charge >= 0.3 is 0 Å². The summed E-state index contributed by atoms with van der Waals surface area (Å²) in [6, 6.07) is 7.92. The van der Waals surface area contributed by atoms with Crippen LogP contribution >= 0.6 is 0 Å². The Balaban J connectivity index is 1.67.